The van der Waals surface area contributed by atoms with Crippen molar-refractivity contribution in [2.75, 3.05) is 17.3 Å². The molecule has 0 N–H and O–H groups in total. The first kappa shape index (κ1) is 23.5. The van der Waals surface area contributed by atoms with Gasteiger partial charge in [0.1, 0.15) is 0 Å². The number of allylic oxidation sites excluding steroid dienone is 1. The van der Waals surface area contributed by atoms with Gasteiger partial charge >= 0.3 is 0 Å². The summed E-state index contributed by atoms with van der Waals surface area (Å²) in [5.74, 6) is 1.30. The van der Waals surface area contributed by atoms with Crippen LogP contribution in [0.5, 0.6) is 0 Å². The zero-order chi connectivity index (χ0) is 23.8. The Balaban J connectivity index is 1.54. The summed E-state index contributed by atoms with van der Waals surface area (Å²) in [6.45, 7) is 10.2. The van der Waals surface area contributed by atoms with Gasteiger partial charge in [-0.25, -0.2) is 8.42 Å². The van der Waals surface area contributed by atoms with Gasteiger partial charge in [0.25, 0.3) is 0 Å². The maximum Gasteiger partial charge on any atom is 0.192 e. The summed E-state index contributed by atoms with van der Waals surface area (Å²) < 4.78 is 27.9. The molecule has 7 nitrogen and oxygen atoms in total. The predicted molar refractivity (Wildman–Crippen MR) is 132 cm³/mol. The van der Waals surface area contributed by atoms with Crippen molar-refractivity contribution >= 4 is 27.4 Å². The number of aryl methyl sites for hydroxylation is 2. The number of nitrogens with zero attached hydrogens (tertiary/aromatic N) is 4. The molecule has 3 heterocycles. The largest absolute Gasteiger partial charge is 0.344 e. The lowest BCUT2D eigenvalue weighted by Crippen LogP contribution is -2.14. The van der Waals surface area contributed by atoms with Crippen LogP contribution < -0.4 is 0 Å². The van der Waals surface area contributed by atoms with E-state index < -0.39 is 9.84 Å². The maximum absolute atomic E-state index is 13.1. The van der Waals surface area contributed by atoms with Gasteiger partial charge in [0.05, 0.1) is 17.3 Å². The molecular weight excluding hydrogens is 456 g/mol. The summed E-state index contributed by atoms with van der Waals surface area (Å²) in [5, 5.41) is 9.37. The summed E-state index contributed by atoms with van der Waals surface area (Å²) in [4.78, 5) is 13.1. The molecule has 9 heteroatoms. The Kier molecular flexibility index (Phi) is 6.63. The fourth-order valence-corrected chi connectivity index (χ4v) is 7.03. The first-order valence-corrected chi connectivity index (χ1v) is 13.7. The quantitative estimate of drug-likeness (QED) is 0.271. The number of benzene rings is 1. The lowest BCUT2D eigenvalue weighted by Gasteiger charge is -2.16. The molecule has 0 bridgehead atoms. The van der Waals surface area contributed by atoms with E-state index in [4.69, 9.17) is 0 Å². The Morgan fingerprint density at radius 2 is 2.03 bits per heavy atom. The molecule has 33 heavy (non-hydrogen) atoms. The Hall–Kier alpha value is -2.65. The third kappa shape index (κ3) is 4.84. The zero-order valence-electron chi connectivity index (χ0n) is 19.1. The first-order chi connectivity index (χ1) is 15.7. The number of hydrogen-bond donors (Lipinski definition) is 0. The van der Waals surface area contributed by atoms with Crippen molar-refractivity contribution in [2.45, 2.75) is 44.9 Å². The highest BCUT2D eigenvalue weighted by Crippen LogP contribution is 2.30. The van der Waals surface area contributed by atoms with Gasteiger partial charge in [0, 0.05) is 35.1 Å². The second-order valence-electron chi connectivity index (χ2n) is 8.50. The summed E-state index contributed by atoms with van der Waals surface area (Å²) in [6.07, 6.45) is 2.38. The molecule has 1 aromatic carbocycles. The predicted octanol–water partition coefficient (Wildman–Crippen LogP) is 4.19. The standard InChI is InChI=1S/C24H28N4O3S2/c1-5-10-27-23(19-8-6-7-16(2)12-19)25-26-24(27)32-14-22(29)21-13-17(3)28(18(21)4)20-9-11-33(30,31)15-20/h5-8,12-13,20H,1,9-11,14-15H2,2-4H3. The Labute approximate surface area is 198 Å². The minimum absolute atomic E-state index is 0.00883. The van der Waals surface area contributed by atoms with Crippen molar-refractivity contribution in [3.8, 4) is 11.4 Å². The topological polar surface area (TPSA) is 86.9 Å². The van der Waals surface area contributed by atoms with Crippen molar-refractivity contribution in [3.05, 3.63) is 65.5 Å². The van der Waals surface area contributed by atoms with E-state index in [-0.39, 0.29) is 29.1 Å². The van der Waals surface area contributed by atoms with E-state index in [1.54, 1.807) is 6.08 Å². The lowest BCUT2D eigenvalue weighted by molar-refractivity contribution is 0.102. The van der Waals surface area contributed by atoms with Gasteiger partial charge in [-0.1, -0.05) is 41.6 Å². The molecule has 0 amide bonds. The van der Waals surface area contributed by atoms with Crippen LogP contribution >= 0.6 is 11.8 Å². The third-order valence-electron chi connectivity index (χ3n) is 6.00. The molecule has 1 unspecified atom stereocenters. The summed E-state index contributed by atoms with van der Waals surface area (Å²) >= 11 is 1.35. The Bertz CT molecular complexity index is 1320. The van der Waals surface area contributed by atoms with E-state index in [0.29, 0.717) is 23.7 Å². The second-order valence-corrected chi connectivity index (χ2v) is 11.7. The monoisotopic (exact) mass is 484 g/mol. The van der Waals surface area contributed by atoms with E-state index in [1.807, 2.05) is 54.2 Å². The highest BCUT2D eigenvalue weighted by atomic mass is 32.2. The number of ketones is 1. The zero-order valence-corrected chi connectivity index (χ0v) is 20.7. The molecule has 1 fully saturated rings. The molecule has 0 radical (unpaired) electrons. The molecular formula is C24H28N4O3S2. The molecule has 3 aromatic rings. The van der Waals surface area contributed by atoms with Gasteiger partial charge in [-0.15, -0.1) is 16.8 Å². The van der Waals surface area contributed by atoms with Gasteiger partial charge in [0.2, 0.25) is 0 Å². The number of sulfone groups is 1. The van der Waals surface area contributed by atoms with Gasteiger partial charge in [-0.05, 0) is 39.3 Å². The maximum atomic E-state index is 13.1. The molecule has 0 aliphatic carbocycles. The van der Waals surface area contributed by atoms with Crippen LogP contribution in [-0.4, -0.2) is 50.8 Å². The van der Waals surface area contributed by atoms with Crippen molar-refractivity contribution in [2.24, 2.45) is 0 Å². The molecule has 0 saturated carbocycles. The summed E-state index contributed by atoms with van der Waals surface area (Å²) in [7, 11) is -3.00. The molecule has 1 aliphatic heterocycles. The Morgan fingerprint density at radius 1 is 1.24 bits per heavy atom. The van der Waals surface area contributed by atoms with Crippen LogP contribution in [-0.2, 0) is 16.4 Å². The third-order valence-corrected chi connectivity index (χ3v) is 8.71. The van der Waals surface area contributed by atoms with Crippen molar-refractivity contribution in [3.63, 3.8) is 0 Å². The van der Waals surface area contributed by atoms with Crippen molar-refractivity contribution in [1.82, 2.24) is 19.3 Å². The number of carbonyl (C=O) groups excluding carboxylic acids is 1. The van der Waals surface area contributed by atoms with Gasteiger partial charge in [-0.2, -0.15) is 0 Å². The average molecular weight is 485 g/mol. The van der Waals surface area contributed by atoms with Crippen molar-refractivity contribution < 1.29 is 13.2 Å². The first-order valence-electron chi connectivity index (χ1n) is 10.9. The van der Waals surface area contributed by atoms with E-state index in [9.17, 15) is 13.2 Å². The van der Waals surface area contributed by atoms with E-state index in [1.165, 1.54) is 11.8 Å². The van der Waals surface area contributed by atoms with Gasteiger partial charge in [-0.3, -0.25) is 9.36 Å². The molecule has 1 aliphatic rings. The molecule has 4 rings (SSSR count). The molecule has 174 valence electrons. The number of rotatable bonds is 8. The van der Waals surface area contributed by atoms with E-state index in [2.05, 4.69) is 22.8 Å². The summed E-state index contributed by atoms with van der Waals surface area (Å²) in [6, 6.07) is 9.84. The number of hydrogen-bond acceptors (Lipinski definition) is 6. The molecule has 2 aromatic heterocycles. The molecule has 1 saturated heterocycles. The number of aromatic nitrogens is 4. The average Bonchev–Trinajstić information content (AvgIpc) is 3.41. The van der Waals surface area contributed by atoms with Crippen molar-refractivity contribution in [1.29, 1.82) is 0 Å². The highest BCUT2D eigenvalue weighted by molar-refractivity contribution is 7.99. The van der Waals surface area contributed by atoms with Gasteiger partial charge in [0.15, 0.2) is 26.6 Å². The minimum Gasteiger partial charge on any atom is -0.344 e. The number of thioether (sulfide) groups is 1. The smallest absolute Gasteiger partial charge is 0.192 e. The SMILES string of the molecule is C=CCn1c(SCC(=O)c2cc(C)n(C3CCS(=O)(=O)C3)c2C)nnc1-c1cccc(C)c1. The highest BCUT2D eigenvalue weighted by Gasteiger charge is 2.31. The number of Topliss-reactive ketones (excluding diaryl/α,β-unsaturated/α-hetero) is 1. The number of carbonyl (C=O) groups is 1. The van der Waals surface area contributed by atoms with Crippen LogP contribution in [0.4, 0.5) is 0 Å². The van der Waals surface area contributed by atoms with E-state index >= 15 is 0 Å². The van der Waals surface area contributed by atoms with Crippen LogP contribution in [0.25, 0.3) is 11.4 Å². The van der Waals surface area contributed by atoms with E-state index in [0.717, 1.165) is 28.3 Å². The fraction of sp³-hybridized carbons (Fsp3) is 0.375. The van der Waals surface area contributed by atoms with Crippen LogP contribution in [0.2, 0.25) is 0 Å². The lowest BCUT2D eigenvalue weighted by atomic mass is 10.1. The fourth-order valence-electron chi connectivity index (χ4n) is 4.50. The normalized spacial score (nSPS) is 17.4. The van der Waals surface area contributed by atoms with Crippen LogP contribution in [0.15, 0.2) is 48.1 Å². The molecule has 0 spiro atoms. The summed E-state index contributed by atoms with van der Waals surface area (Å²) in [5.41, 5.74) is 4.48. The van der Waals surface area contributed by atoms with Crippen LogP contribution in [0, 0.1) is 20.8 Å². The Morgan fingerprint density at radius 3 is 2.70 bits per heavy atom. The minimum atomic E-state index is -3.00. The van der Waals surface area contributed by atoms with Gasteiger partial charge < -0.3 is 4.57 Å². The molecule has 1 atom stereocenters. The van der Waals surface area contributed by atoms with Crippen LogP contribution in [0.1, 0.15) is 39.8 Å². The second kappa shape index (κ2) is 9.30. The van der Waals surface area contributed by atoms with Crippen LogP contribution in [0.3, 0.4) is 0 Å².